The number of piperazine rings is 1. The van der Waals surface area contributed by atoms with Gasteiger partial charge < -0.3 is 9.47 Å². The predicted molar refractivity (Wildman–Crippen MR) is 114 cm³/mol. The molecule has 1 aliphatic rings. The van der Waals surface area contributed by atoms with Crippen molar-refractivity contribution in [3.05, 3.63) is 82.2 Å². The third kappa shape index (κ3) is 3.64. The number of nitrogens with zero attached hydrogens (tertiary/aromatic N) is 6. The minimum absolute atomic E-state index is 0.0446. The normalized spacial score (nSPS) is 15.0. The molecule has 0 saturated carbocycles. The summed E-state index contributed by atoms with van der Waals surface area (Å²) in [5.74, 6) is 0.0446. The Hall–Kier alpha value is -3.30. The van der Waals surface area contributed by atoms with Gasteiger partial charge in [0.15, 0.2) is 4.96 Å². The Morgan fingerprint density at radius 3 is 2.60 bits per heavy atom. The molecular formula is C21H20N6O2S. The molecule has 4 heterocycles. The first-order chi connectivity index (χ1) is 14.7. The maximum absolute atomic E-state index is 12.9. The van der Waals surface area contributed by atoms with E-state index in [4.69, 9.17) is 0 Å². The summed E-state index contributed by atoms with van der Waals surface area (Å²) in [6.45, 7) is 3.44. The summed E-state index contributed by atoms with van der Waals surface area (Å²) in [5.41, 5.74) is 2.38. The molecule has 1 aromatic carbocycles. The van der Waals surface area contributed by atoms with E-state index in [1.807, 2.05) is 45.3 Å². The lowest BCUT2D eigenvalue weighted by Crippen LogP contribution is -2.48. The summed E-state index contributed by atoms with van der Waals surface area (Å²) in [6, 6.07) is 9.17. The molecule has 1 amide bonds. The molecule has 0 radical (unpaired) electrons. The highest BCUT2D eigenvalue weighted by atomic mass is 32.1. The summed E-state index contributed by atoms with van der Waals surface area (Å²) in [4.78, 5) is 38.5. The number of thiazole rings is 1. The first-order valence-electron chi connectivity index (χ1n) is 9.73. The van der Waals surface area contributed by atoms with E-state index in [0.29, 0.717) is 30.2 Å². The number of amides is 1. The van der Waals surface area contributed by atoms with Crippen molar-refractivity contribution >= 4 is 22.2 Å². The molecule has 8 nitrogen and oxygen atoms in total. The Morgan fingerprint density at radius 2 is 1.87 bits per heavy atom. The van der Waals surface area contributed by atoms with Crippen LogP contribution in [0.1, 0.15) is 16.1 Å². The van der Waals surface area contributed by atoms with Crippen LogP contribution in [0.15, 0.2) is 65.4 Å². The third-order valence-corrected chi connectivity index (χ3v) is 6.07. The van der Waals surface area contributed by atoms with Gasteiger partial charge in [-0.15, -0.1) is 11.3 Å². The van der Waals surface area contributed by atoms with Crippen molar-refractivity contribution in [3.63, 3.8) is 0 Å². The van der Waals surface area contributed by atoms with E-state index in [1.54, 1.807) is 29.2 Å². The van der Waals surface area contributed by atoms with Gasteiger partial charge in [-0.3, -0.25) is 18.9 Å². The summed E-state index contributed by atoms with van der Waals surface area (Å²) in [6.07, 6.45) is 7.07. The van der Waals surface area contributed by atoms with Gasteiger partial charge >= 0.3 is 0 Å². The molecule has 0 atom stereocenters. The van der Waals surface area contributed by atoms with E-state index < -0.39 is 0 Å². The van der Waals surface area contributed by atoms with Crippen LogP contribution in [-0.4, -0.2) is 60.8 Å². The second-order valence-electron chi connectivity index (χ2n) is 7.23. The van der Waals surface area contributed by atoms with E-state index in [2.05, 4.69) is 14.9 Å². The van der Waals surface area contributed by atoms with E-state index in [0.717, 1.165) is 24.5 Å². The molecule has 0 spiro atoms. The monoisotopic (exact) mass is 420 g/mol. The third-order valence-electron chi connectivity index (χ3n) is 5.32. The Kier molecular flexibility index (Phi) is 4.89. The van der Waals surface area contributed by atoms with Crippen molar-refractivity contribution < 1.29 is 4.79 Å². The average molecular weight is 420 g/mol. The number of carbonyl (C=O) groups excluding carboxylic acids is 1. The van der Waals surface area contributed by atoms with Crippen LogP contribution in [-0.2, 0) is 6.54 Å². The van der Waals surface area contributed by atoms with Crippen LogP contribution in [0.3, 0.4) is 0 Å². The lowest BCUT2D eigenvalue weighted by molar-refractivity contribution is 0.0627. The van der Waals surface area contributed by atoms with Crippen LogP contribution >= 0.6 is 11.3 Å². The first-order valence-corrected chi connectivity index (χ1v) is 10.6. The zero-order chi connectivity index (χ0) is 20.5. The molecule has 0 aliphatic carbocycles. The van der Waals surface area contributed by atoms with E-state index in [1.165, 1.54) is 11.3 Å². The maximum atomic E-state index is 12.9. The van der Waals surface area contributed by atoms with Gasteiger partial charge in [0.1, 0.15) is 0 Å². The first kappa shape index (κ1) is 18.7. The van der Waals surface area contributed by atoms with Crippen LogP contribution in [0.4, 0.5) is 0 Å². The second kappa shape index (κ2) is 7.85. The summed E-state index contributed by atoms with van der Waals surface area (Å²) < 4.78 is 3.46. The van der Waals surface area contributed by atoms with Crippen molar-refractivity contribution in [2.24, 2.45) is 0 Å². The van der Waals surface area contributed by atoms with Gasteiger partial charge in [-0.2, -0.15) is 0 Å². The zero-order valence-electron chi connectivity index (χ0n) is 16.2. The summed E-state index contributed by atoms with van der Waals surface area (Å²) in [5, 5.41) is 1.86. The Balaban J connectivity index is 1.21. The molecule has 0 bridgehead atoms. The zero-order valence-corrected chi connectivity index (χ0v) is 17.0. The van der Waals surface area contributed by atoms with Crippen LogP contribution in [0, 0.1) is 0 Å². The summed E-state index contributed by atoms with van der Waals surface area (Å²) >= 11 is 1.46. The number of aromatic nitrogens is 4. The Morgan fingerprint density at radius 1 is 1.07 bits per heavy atom. The maximum Gasteiger partial charge on any atom is 0.258 e. The fourth-order valence-corrected chi connectivity index (χ4v) is 4.42. The molecule has 0 unspecified atom stereocenters. The predicted octanol–water partition coefficient (Wildman–Crippen LogP) is 1.90. The number of hydrogen-bond donors (Lipinski definition) is 0. The quantitative estimate of drug-likeness (QED) is 0.504. The molecule has 9 heteroatoms. The molecule has 3 aromatic heterocycles. The van der Waals surface area contributed by atoms with Crippen molar-refractivity contribution in [1.82, 2.24) is 28.7 Å². The molecule has 30 heavy (non-hydrogen) atoms. The molecule has 4 aromatic rings. The standard InChI is InChI=1S/C21H20N6O2S/c28-19-13-17(23-21-27(19)11-12-30-21)14-24-7-9-25(10-8-24)20(29)16-1-3-18(4-2-16)26-6-5-22-15-26/h1-6,11-13,15H,7-10,14H2. The topological polar surface area (TPSA) is 75.7 Å². The Bertz CT molecular complexity index is 1220. The van der Waals surface area contributed by atoms with Gasteiger partial charge in [0, 0.05) is 74.0 Å². The van der Waals surface area contributed by atoms with Crippen LogP contribution in [0.2, 0.25) is 0 Å². The molecule has 0 N–H and O–H groups in total. The minimum atomic E-state index is -0.0517. The van der Waals surface area contributed by atoms with Crippen molar-refractivity contribution in [1.29, 1.82) is 0 Å². The molecule has 1 fully saturated rings. The SMILES string of the molecule is O=C(c1ccc(-n2ccnc2)cc1)N1CCN(Cc2cc(=O)n3ccsc3n2)CC1. The number of rotatable bonds is 4. The lowest BCUT2D eigenvalue weighted by Gasteiger charge is -2.34. The number of carbonyl (C=O) groups is 1. The van der Waals surface area contributed by atoms with Crippen molar-refractivity contribution in [3.8, 4) is 5.69 Å². The number of imidazole rings is 1. The Labute approximate surface area is 176 Å². The summed E-state index contributed by atoms with van der Waals surface area (Å²) in [7, 11) is 0. The van der Waals surface area contributed by atoms with Gasteiger partial charge in [-0.05, 0) is 24.3 Å². The average Bonchev–Trinajstić information content (AvgIpc) is 3.46. The number of hydrogen-bond acceptors (Lipinski definition) is 6. The lowest BCUT2D eigenvalue weighted by atomic mass is 10.1. The minimum Gasteiger partial charge on any atom is -0.336 e. The van der Waals surface area contributed by atoms with E-state index >= 15 is 0 Å². The van der Waals surface area contributed by atoms with E-state index in [-0.39, 0.29) is 11.5 Å². The molecule has 1 aliphatic heterocycles. The highest BCUT2D eigenvalue weighted by Gasteiger charge is 2.22. The fraction of sp³-hybridized carbons (Fsp3) is 0.238. The van der Waals surface area contributed by atoms with Gasteiger partial charge in [-0.1, -0.05) is 0 Å². The number of fused-ring (bicyclic) bond motifs is 1. The van der Waals surface area contributed by atoms with E-state index in [9.17, 15) is 9.59 Å². The van der Waals surface area contributed by atoms with Crippen LogP contribution < -0.4 is 5.56 Å². The molecule has 1 saturated heterocycles. The second-order valence-corrected chi connectivity index (χ2v) is 8.10. The van der Waals surface area contributed by atoms with Gasteiger partial charge in [-0.25, -0.2) is 9.97 Å². The van der Waals surface area contributed by atoms with Crippen LogP contribution in [0.5, 0.6) is 0 Å². The highest BCUT2D eigenvalue weighted by molar-refractivity contribution is 7.15. The van der Waals surface area contributed by atoms with Crippen LogP contribution in [0.25, 0.3) is 10.6 Å². The van der Waals surface area contributed by atoms with Gasteiger partial charge in [0.2, 0.25) is 0 Å². The van der Waals surface area contributed by atoms with Crippen molar-refractivity contribution in [2.45, 2.75) is 6.54 Å². The van der Waals surface area contributed by atoms with Gasteiger partial charge in [0.25, 0.3) is 11.5 Å². The van der Waals surface area contributed by atoms with Crippen molar-refractivity contribution in [2.75, 3.05) is 26.2 Å². The number of benzene rings is 1. The highest BCUT2D eigenvalue weighted by Crippen LogP contribution is 2.14. The van der Waals surface area contributed by atoms with Gasteiger partial charge in [0.05, 0.1) is 12.0 Å². The molecular weight excluding hydrogens is 400 g/mol. The fourth-order valence-electron chi connectivity index (χ4n) is 3.68. The molecule has 152 valence electrons. The largest absolute Gasteiger partial charge is 0.336 e. The smallest absolute Gasteiger partial charge is 0.258 e. The molecule has 5 rings (SSSR count).